The topological polar surface area (TPSA) is 72.9 Å². The van der Waals surface area contributed by atoms with E-state index >= 15 is 0 Å². The highest BCUT2D eigenvalue weighted by Crippen LogP contribution is 2.36. The van der Waals surface area contributed by atoms with Crippen molar-refractivity contribution in [2.75, 3.05) is 10.8 Å². The van der Waals surface area contributed by atoms with Gasteiger partial charge in [-0.15, -0.1) is 0 Å². The van der Waals surface area contributed by atoms with Crippen molar-refractivity contribution in [2.45, 2.75) is 57.0 Å². The number of hydrogen-bond donors (Lipinski definition) is 0. The van der Waals surface area contributed by atoms with Crippen molar-refractivity contribution >= 4 is 21.7 Å². The Morgan fingerprint density at radius 3 is 2.33 bits per heavy atom. The molecule has 0 atom stereocenters. The summed E-state index contributed by atoms with van der Waals surface area (Å²) in [5.74, 6) is 0.177. The van der Waals surface area contributed by atoms with Gasteiger partial charge in [0, 0.05) is 13.0 Å². The van der Waals surface area contributed by atoms with Crippen LogP contribution in [0.1, 0.15) is 50.2 Å². The average Bonchev–Trinajstić information content (AvgIpc) is 3.72. The van der Waals surface area contributed by atoms with Crippen LogP contribution in [0.4, 0.5) is 18.9 Å². The van der Waals surface area contributed by atoms with Gasteiger partial charge in [-0.1, -0.05) is 44.0 Å². The number of carbonyl (C=O) groups excluding carboxylic acids is 1. The Morgan fingerprint density at radius 2 is 1.72 bits per heavy atom. The highest BCUT2D eigenvalue weighted by Gasteiger charge is 2.31. The fourth-order valence-electron chi connectivity index (χ4n) is 4.13. The van der Waals surface area contributed by atoms with E-state index in [4.69, 9.17) is 9.78 Å². The second-order valence-corrected chi connectivity index (χ2v) is 11.5. The van der Waals surface area contributed by atoms with Gasteiger partial charge in [0.1, 0.15) is 0 Å². The third kappa shape index (κ3) is 7.11. The van der Waals surface area contributed by atoms with Crippen LogP contribution in [-0.2, 0) is 25.9 Å². The first-order chi connectivity index (χ1) is 18.5. The van der Waals surface area contributed by atoms with Crippen molar-refractivity contribution < 1.29 is 36.2 Å². The summed E-state index contributed by atoms with van der Waals surface area (Å²) in [5, 5.41) is 0. The third-order valence-corrected chi connectivity index (χ3v) is 8.35. The van der Waals surface area contributed by atoms with Crippen molar-refractivity contribution in [2.24, 2.45) is 5.92 Å². The number of carbonyl (C=O) groups is 1. The molecule has 1 saturated carbocycles. The highest BCUT2D eigenvalue weighted by atomic mass is 32.2. The molecule has 208 valence electrons. The summed E-state index contributed by atoms with van der Waals surface area (Å²) in [6.07, 6.45) is -0.827. The molecule has 0 heterocycles. The molecule has 0 amide bonds. The smallest absolute Gasteiger partial charge is 0.287 e. The zero-order valence-electron chi connectivity index (χ0n) is 21.7. The van der Waals surface area contributed by atoms with Crippen LogP contribution in [0.5, 0.6) is 5.75 Å². The lowest BCUT2D eigenvalue weighted by atomic mass is 10.0. The van der Waals surface area contributed by atoms with Crippen molar-refractivity contribution in [3.8, 4) is 16.9 Å². The predicted molar refractivity (Wildman–Crippen MR) is 142 cm³/mol. The number of nitrogens with zero attached hydrogens (tertiary/aromatic N) is 1. The summed E-state index contributed by atoms with van der Waals surface area (Å²) >= 11 is 0. The molecule has 1 aliphatic carbocycles. The number of hydrogen-bond acceptors (Lipinski definition) is 5. The molecular formula is C29H30F3NO5S. The van der Waals surface area contributed by atoms with E-state index in [1.807, 2.05) is 6.92 Å². The van der Waals surface area contributed by atoms with Gasteiger partial charge in [-0.3, -0.25) is 14.1 Å². The second-order valence-electron chi connectivity index (χ2n) is 9.65. The molecule has 0 saturated heterocycles. The SMILES string of the molecule is CCCC(=O)OOc1ccc(S(=O)(=O)N(CCC2CC2)c2cccc(-c3ccc(C(F)(F)F)cc3)c2)cc1C. The molecule has 6 nitrogen and oxygen atoms in total. The summed E-state index contributed by atoms with van der Waals surface area (Å²) in [4.78, 5) is 21.6. The first-order valence-corrected chi connectivity index (χ1v) is 14.2. The van der Waals surface area contributed by atoms with E-state index in [2.05, 4.69) is 0 Å². The maximum Gasteiger partial charge on any atom is 0.416 e. The van der Waals surface area contributed by atoms with E-state index in [0.29, 0.717) is 41.1 Å². The molecule has 0 unspecified atom stereocenters. The highest BCUT2D eigenvalue weighted by molar-refractivity contribution is 7.92. The minimum absolute atomic E-state index is 0.0444. The fourth-order valence-corrected chi connectivity index (χ4v) is 5.68. The Hall–Kier alpha value is -3.53. The number of benzene rings is 3. The summed E-state index contributed by atoms with van der Waals surface area (Å²) in [6.45, 7) is 3.75. The molecule has 3 aromatic carbocycles. The molecule has 0 aliphatic heterocycles. The molecule has 1 aliphatic rings. The van der Waals surface area contributed by atoms with Gasteiger partial charge in [0.25, 0.3) is 10.0 Å². The molecule has 1 fully saturated rings. The zero-order chi connectivity index (χ0) is 28.2. The summed E-state index contributed by atoms with van der Waals surface area (Å²) in [5.41, 5.74) is 1.28. The molecular weight excluding hydrogens is 531 g/mol. The number of rotatable bonds is 11. The van der Waals surface area contributed by atoms with E-state index in [-0.39, 0.29) is 23.6 Å². The van der Waals surface area contributed by atoms with Crippen LogP contribution in [0.15, 0.2) is 71.6 Å². The number of alkyl halides is 3. The minimum atomic E-state index is -4.44. The van der Waals surface area contributed by atoms with Crippen LogP contribution >= 0.6 is 0 Å². The maximum atomic E-state index is 13.9. The zero-order valence-corrected chi connectivity index (χ0v) is 22.5. The summed E-state index contributed by atoms with van der Waals surface area (Å²) in [6, 6.07) is 15.8. The van der Waals surface area contributed by atoms with Crippen molar-refractivity contribution in [1.82, 2.24) is 0 Å². The van der Waals surface area contributed by atoms with Gasteiger partial charge < -0.3 is 0 Å². The van der Waals surface area contributed by atoms with Gasteiger partial charge in [-0.25, -0.2) is 13.2 Å². The number of anilines is 1. The van der Waals surface area contributed by atoms with Crippen LogP contribution in [0, 0.1) is 12.8 Å². The molecule has 0 bridgehead atoms. The first kappa shape index (κ1) is 28.5. The number of aryl methyl sites for hydroxylation is 1. The molecule has 0 aromatic heterocycles. The van der Waals surface area contributed by atoms with E-state index in [1.165, 1.54) is 34.6 Å². The summed E-state index contributed by atoms with van der Waals surface area (Å²) in [7, 11) is -4.00. The van der Waals surface area contributed by atoms with Gasteiger partial charge in [0.05, 0.1) is 16.1 Å². The normalized spacial score (nSPS) is 13.7. The Balaban J connectivity index is 1.63. The lowest BCUT2D eigenvalue weighted by Gasteiger charge is -2.25. The van der Waals surface area contributed by atoms with Gasteiger partial charge >= 0.3 is 12.1 Å². The van der Waals surface area contributed by atoms with Gasteiger partial charge in [0.2, 0.25) is 0 Å². The van der Waals surface area contributed by atoms with E-state index in [1.54, 1.807) is 31.2 Å². The molecule has 39 heavy (non-hydrogen) atoms. The van der Waals surface area contributed by atoms with E-state index in [0.717, 1.165) is 25.0 Å². The number of halogens is 3. The lowest BCUT2D eigenvalue weighted by molar-refractivity contribution is -0.214. The largest absolute Gasteiger partial charge is 0.416 e. The Kier molecular flexibility index (Phi) is 8.54. The Bertz CT molecular complexity index is 1420. The predicted octanol–water partition coefficient (Wildman–Crippen LogP) is 7.31. The Labute approximate surface area is 226 Å². The van der Waals surface area contributed by atoms with Crippen molar-refractivity contribution in [3.63, 3.8) is 0 Å². The van der Waals surface area contributed by atoms with Crippen LogP contribution in [0.2, 0.25) is 0 Å². The molecule has 3 aromatic rings. The lowest BCUT2D eigenvalue weighted by Crippen LogP contribution is -2.32. The van der Waals surface area contributed by atoms with Gasteiger partial charge in [-0.05, 0) is 84.8 Å². The quantitative estimate of drug-likeness (QED) is 0.181. The standard InChI is InChI=1S/C29H30F3NO5S/c1-3-5-28(34)38-37-27-15-14-26(18-20(27)2)39(35,36)33(17-16-21-8-9-21)25-7-4-6-23(19-25)22-10-12-24(13-11-22)29(30,31)32/h4,6-7,10-15,18-19,21H,3,5,8-9,16-17H2,1-2H3. The van der Waals surface area contributed by atoms with E-state index < -0.39 is 27.7 Å². The fraction of sp³-hybridized carbons (Fsp3) is 0.345. The van der Waals surface area contributed by atoms with Crippen LogP contribution < -0.4 is 9.19 Å². The first-order valence-electron chi connectivity index (χ1n) is 12.8. The number of sulfonamides is 1. The average molecular weight is 562 g/mol. The van der Waals surface area contributed by atoms with Crippen LogP contribution in [0.3, 0.4) is 0 Å². The minimum Gasteiger partial charge on any atom is -0.287 e. The molecule has 0 radical (unpaired) electrons. The van der Waals surface area contributed by atoms with E-state index in [9.17, 15) is 26.4 Å². The van der Waals surface area contributed by atoms with Crippen molar-refractivity contribution in [1.29, 1.82) is 0 Å². The second kappa shape index (κ2) is 11.7. The van der Waals surface area contributed by atoms with Crippen LogP contribution in [-0.4, -0.2) is 20.9 Å². The van der Waals surface area contributed by atoms with Gasteiger partial charge in [-0.2, -0.15) is 13.2 Å². The Morgan fingerprint density at radius 1 is 1.00 bits per heavy atom. The molecule has 10 heteroatoms. The monoisotopic (exact) mass is 561 g/mol. The maximum absolute atomic E-state index is 13.9. The van der Waals surface area contributed by atoms with Crippen LogP contribution in [0.25, 0.3) is 11.1 Å². The van der Waals surface area contributed by atoms with Crippen molar-refractivity contribution in [3.05, 3.63) is 77.9 Å². The van der Waals surface area contributed by atoms with Gasteiger partial charge in [0.15, 0.2) is 5.75 Å². The molecule has 0 spiro atoms. The molecule has 4 rings (SSSR count). The summed E-state index contributed by atoms with van der Waals surface area (Å²) < 4.78 is 68.1. The third-order valence-electron chi connectivity index (χ3n) is 6.53. The molecule has 0 N–H and O–H groups in total.